The minimum absolute atomic E-state index is 0.0906. The minimum Gasteiger partial charge on any atom is -0.423 e. The van der Waals surface area contributed by atoms with E-state index in [1.54, 1.807) is 6.92 Å². The van der Waals surface area contributed by atoms with E-state index in [0.29, 0.717) is 43.5 Å². The Kier molecular flexibility index (Phi) is 3.89. The van der Waals surface area contributed by atoms with Crippen LogP contribution in [0.5, 0.6) is 0 Å². The molecule has 0 amide bonds. The first-order valence-corrected chi connectivity index (χ1v) is 10.0. The van der Waals surface area contributed by atoms with Gasteiger partial charge in [0, 0.05) is 31.9 Å². The summed E-state index contributed by atoms with van der Waals surface area (Å²) < 4.78 is 32.7. The molecule has 2 aromatic heterocycles. The van der Waals surface area contributed by atoms with Gasteiger partial charge in [-0.15, -0.1) is 0 Å². The van der Waals surface area contributed by atoms with Crippen LogP contribution < -0.4 is 9.77 Å². The maximum Gasteiger partial charge on any atom is 0.305 e. The number of aromatic amines is 1. The standard InChI is InChI=1S/C15H16N4O4S2/c1-10-13(24-15(20)16-10)25(21,22)19-8-6-18(7-9-19)14-17-11-4-2-3-5-12(11)23-14/h2-5H,6-9H2,1H3,(H,16,20). The number of hydrogen-bond acceptors (Lipinski definition) is 7. The van der Waals surface area contributed by atoms with Crippen LogP contribution in [0.3, 0.4) is 0 Å². The van der Waals surface area contributed by atoms with E-state index in [4.69, 9.17) is 4.42 Å². The van der Waals surface area contributed by atoms with Crippen LogP contribution in [0.15, 0.2) is 37.7 Å². The summed E-state index contributed by atoms with van der Waals surface area (Å²) in [5.74, 6) is 0. The number of rotatable bonds is 3. The van der Waals surface area contributed by atoms with Crippen LogP contribution in [-0.4, -0.2) is 48.9 Å². The first kappa shape index (κ1) is 16.3. The molecule has 0 radical (unpaired) electrons. The molecule has 0 unspecified atom stereocenters. The Balaban J connectivity index is 1.53. The maximum absolute atomic E-state index is 12.7. The third kappa shape index (κ3) is 2.86. The molecule has 1 aliphatic heterocycles. The maximum atomic E-state index is 12.7. The molecule has 3 heterocycles. The van der Waals surface area contributed by atoms with Crippen LogP contribution in [0.2, 0.25) is 0 Å². The third-order valence-corrected chi connectivity index (χ3v) is 7.63. The number of anilines is 1. The fourth-order valence-corrected chi connectivity index (χ4v) is 5.73. The number of nitrogens with one attached hydrogen (secondary N) is 1. The highest BCUT2D eigenvalue weighted by Crippen LogP contribution is 2.25. The molecule has 1 saturated heterocycles. The van der Waals surface area contributed by atoms with Gasteiger partial charge in [0.05, 0.1) is 0 Å². The van der Waals surface area contributed by atoms with Gasteiger partial charge < -0.3 is 14.3 Å². The molecule has 0 bridgehead atoms. The van der Waals surface area contributed by atoms with E-state index in [2.05, 4.69) is 9.97 Å². The van der Waals surface area contributed by atoms with E-state index >= 15 is 0 Å². The van der Waals surface area contributed by atoms with Gasteiger partial charge >= 0.3 is 4.87 Å². The third-order valence-electron chi connectivity index (χ3n) is 4.15. The first-order valence-electron chi connectivity index (χ1n) is 7.75. The lowest BCUT2D eigenvalue weighted by atomic mass is 10.3. The summed E-state index contributed by atoms with van der Waals surface area (Å²) in [6.07, 6.45) is 0. The summed E-state index contributed by atoms with van der Waals surface area (Å²) in [6.45, 7) is 3.17. The second-order valence-electron chi connectivity index (χ2n) is 5.78. The Morgan fingerprint density at radius 2 is 1.92 bits per heavy atom. The number of para-hydroxylation sites is 2. The van der Waals surface area contributed by atoms with E-state index in [1.807, 2.05) is 29.2 Å². The molecule has 8 nitrogen and oxygen atoms in total. The molecule has 3 aromatic rings. The Hall–Kier alpha value is -2.17. The van der Waals surface area contributed by atoms with Crippen molar-refractivity contribution in [2.45, 2.75) is 11.1 Å². The Morgan fingerprint density at radius 1 is 1.20 bits per heavy atom. The van der Waals surface area contributed by atoms with E-state index < -0.39 is 10.0 Å². The first-order chi connectivity index (χ1) is 11.9. The fourth-order valence-electron chi connectivity index (χ4n) is 2.87. The predicted octanol–water partition coefficient (Wildman–Crippen LogP) is 1.40. The molecule has 132 valence electrons. The smallest absolute Gasteiger partial charge is 0.305 e. The quantitative estimate of drug-likeness (QED) is 0.737. The molecule has 1 N–H and O–H groups in total. The van der Waals surface area contributed by atoms with Crippen molar-refractivity contribution in [3.63, 3.8) is 0 Å². The van der Waals surface area contributed by atoms with Gasteiger partial charge in [-0.05, 0) is 19.1 Å². The number of H-pyrrole nitrogens is 1. The number of hydrogen-bond donors (Lipinski definition) is 1. The van der Waals surface area contributed by atoms with Crippen molar-refractivity contribution >= 4 is 38.5 Å². The molecule has 1 fully saturated rings. The molecular formula is C15H16N4O4S2. The van der Waals surface area contributed by atoms with E-state index in [1.165, 1.54) is 4.31 Å². The van der Waals surface area contributed by atoms with Crippen molar-refractivity contribution < 1.29 is 12.8 Å². The van der Waals surface area contributed by atoms with Crippen molar-refractivity contribution in [1.29, 1.82) is 0 Å². The molecule has 4 rings (SSSR count). The van der Waals surface area contributed by atoms with Gasteiger partial charge in [0.2, 0.25) is 0 Å². The predicted molar refractivity (Wildman–Crippen MR) is 94.7 cm³/mol. The molecule has 1 aliphatic rings. The largest absolute Gasteiger partial charge is 0.423 e. The number of aromatic nitrogens is 2. The molecule has 1 aromatic carbocycles. The molecule has 10 heteroatoms. The van der Waals surface area contributed by atoms with Crippen molar-refractivity contribution in [2.24, 2.45) is 0 Å². The van der Waals surface area contributed by atoms with E-state index in [9.17, 15) is 13.2 Å². The van der Waals surface area contributed by atoms with Crippen molar-refractivity contribution in [2.75, 3.05) is 31.1 Å². The summed E-state index contributed by atoms with van der Waals surface area (Å²) in [5.41, 5.74) is 1.87. The Labute approximate surface area is 147 Å². The number of oxazole rings is 1. The second kappa shape index (κ2) is 5.97. The van der Waals surface area contributed by atoms with Crippen LogP contribution in [0.4, 0.5) is 6.01 Å². The molecule has 0 atom stereocenters. The lowest BCUT2D eigenvalue weighted by molar-refractivity contribution is 0.374. The summed E-state index contributed by atoms with van der Waals surface area (Å²) in [7, 11) is -3.66. The molecular weight excluding hydrogens is 364 g/mol. The number of aryl methyl sites for hydroxylation is 1. The average Bonchev–Trinajstić information content (AvgIpc) is 3.18. The highest BCUT2D eigenvalue weighted by molar-refractivity contribution is 7.91. The molecule has 25 heavy (non-hydrogen) atoms. The number of thiazole rings is 1. The Morgan fingerprint density at radius 3 is 2.56 bits per heavy atom. The summed E-state index contributed by atoms with van der Waals surface area (Å²) in [4.78, 5) is 20.0. The highest BCUT2D eigenvalue weighted by Gasteiger charge is 2.32. The number of piperazine rings is 1. The summed E-state index contributed by atoms with van der Waals surface area (Å²) >= 11 is 0.730. The fraction of sp³-hybridized carbons (Fsp3) is 0.333. The van der Waals surface area contributed by atoms with Crippen molar-refractivity contribution in [1.82, 2.24) is 14.3 Å². The number of sulfonamides is 1. The zero-order valence-electron chi connectivity index (χ0n) is 13.4. The topological polar surface area (TPSA) is 99.5 Å². The van der Waals surface area contributed by atoms with Crippen molar-refractivity contribution in [3.8, 4) is 0 Å². The molecule has 0 spiro atoms. The average molecular weight is 380 g/mol. The summed E-state index contributed by atoms with van der Waals surface area (Å²) in [6, 6.07) is 8.00. The monoisotopic (exact) mass is 380 g/mol. The van der Waals surface area contributed by atoms with Crippen LogP contribution in [0, 0.1) is 6.92 Å². The zero-order valence-corrected chi connectivity index (χ0v) is 15.1. The van der Waals surface area contributed by atoms with Crippen LogP contribution >= 0.6 is 11.3 Å². The van der Waals surface area contributed by atoms with Gasteiger partial charge in [-0.2, -0.15) is 9.29 Å². The van der Waals surface area contributed by atoms with Crippen LogP contribution in [0.25, 0.3) is 11.1 Å². The van der Waals surface area contributed by atoms with E-state index in [-0.39, 0.29) is 9.08 Å². The number of fused-ring (bicyclic) bond motifs is 1. The lowest BCUT2D eigenvalue weighted by Gasteiger charge is -2.32. The number of benzene rings is 1. The second-order valence-corrected chi connectivity index (χ2v) is 8.90. The van der Waals surface area contributed by atoms with Crippen LogP contribution in [-0.2, 0) is 10.0 Å². The normalized spacial score (nSPS) is 16.6. The van der Waals surface area contributed by atoms with Gasteiger partial charge in [0.15, 0.2) is 9.79 Å². The minimum atomic E-state index is -3.66. The van der Waals surface area contributed by atoms with Gasteiger partial charge in [-0.1, -0.05) is 23.5 Å². The van der Waals surface area contributed by atoms with Gasteiger partial charge in [-0.25, -0.2) is 8.42 Å². The van der Waals surface area contributed by atoms with Gasteiger partial charge in [0.25, 0.3) is 16.0 Å². The number of nitrogens with zero attached hydrogens (tertiary/aromatic N) is 3. The zero-order chi connectivity index (χ0) is 17.6. The summed E-state index contributed by atoms with van der Waals surface area (Å²) in [5, 5.41) is 0. The highest BCUT2D eigenvalue weighted by atomic mass is 32.2. The van der Waals surface area contributed by atoms with E-state index in [0.717, 1.165) is 16.9 Å². The van der Waals surface area contributed by atoms with Gasteiger partial charge in [0.1, 0.15) is 5.52 Å². The van der Waals surface area contributed by atoms with Crippen molar-refractivity contribution in [3.05, 3.63) is 39.6 Å². The molecule has 0 aliphatic carbocycles. The molecule has 0 saturated carbocycles. The Bertz CT molecular complexity index is 1040. The SMILES string of the molecule is Cc1[nH]c(=O)sc1S(=O)(=O)N1CCN(c2nc3ccccc3o2)CC1. The van der Waals surface area contributed by atoms with Crippen LogP contribution in [0.1, 0.15) is 5.69 Å². The van der Waals surface area contributed by atoms with Gasteiger partial charge in [-0.3, -0.25) is 4.79 Å². The lowest BCUT2D eigenvalue weighted by Crippen LogP contribution is -2.48.